The monoisotopic (exact) mass is 396 g/mol. The predicted molar refractivity (Wildman–Crippen MR) is 102 cm³/mol. The second-order valence-corrected chi connectivity index (χ2v) is 6.68. The van der Waals surface area contributed by atoms with Gasteiger partial charge in [-0.05, 0) is 12.8 Å². The number of nitrogens with one attached hydrogen (secondary N) is 2. The first kappa shape index (κ1) is 21.4. The van der Waals surface area contributed by atoms with E-state index in [-0.39, 0.29) is 36.8 Å². The number of carbonyl (C=O) groups excluding carboxylic acids is 1. The number of rotatable bonds is 6. The van der Waals surface area contributed by atoms with Gasteiger partial charge in [0, 0.05) is 50.4 Å². The van der Waals surface area contributed by atoms with Crippen molar-refractivity contribution in [3.05, 3.63) is 11.1 Å². The van der Waals surface area contributed by atoms with Crippen LogP contribution in [0.4, 0.5) is 5.13 Å². The summed E-state index contributed by atoms with van der Waals surface area (Å²) in [5.41, 5.74) is 1.08. The highest BCUT2D eigenvalue weighted by molar-refractivity contribution is 7.13. The fraction of sp³-hybridized carbons (Fsp3) is 0.733. The molecule has 0 radical (unpaired) electrons. The predicted octanol–water partition coefficient (Wildman–Crippen LogP) is 1.62. The van der Waals surface area contributed by atoms with Crippen molar-refractivity contribution in [1.82, 2.24) is 15.6 Å². The van der Waals surface area contributed by atoms with Gasteiger partial charge >= 0.3 is 0 Å². The Labute approximate surface area is 159 Å². The fourth-order valence-corrected chi connectivity index (χ4v) is 3.76. The third-order valence-corrected chi connectivity index (χ3v) is 5.00. The van der Waals surface area contributed by atoms with Crippen molar-refractivity contribution in [2.75, 3.05) is 44.3 Å². The number of halogens is 2. The largest absolute Gasteiger partial charge is 0.378 e. The van der Waals surface area contributed by atoms with Crippen molar-refractivity contribution in [2.24, 2.45) is 0 Å². The van der Waals surface area contributed by atoms with Gasteiger partial charge in [0.2, 0.25) is 5.91 Å². The molecule has 9 heteroatoms. The van der Waals surface area contributed by atoms with Gasteiger partial charge in [0.25, 0.3) is 0 Å². The Hall–Kier alpha value is -0.600. The molecule has 1 aromatic heterocycles. The Balaban J connectivity index is 0.00000144. The molecule has 0 bridgehead atoms. The van der Waals surface area contributed by atoms with E-state index in [9.17, 15) is 4.79 Å². The van der Waals surface area contributed by atoms with Crippen molar-refractivity contribution in [2.45, 2.75) is 31.7 Å². The van der Waals surface area contributed by atoms with Crippen molar-refractivity contribution < 1.29 is 9.53 Å². The van der Waals surface area contributed by atoms with Gasteiger partial charge in [-0.2, -0.15) is 0 Å². The summed E-state index contributed by atoms with van der Waals surface area (Å²) in [4.78, 5) is 18.9. The topological polar surface area (TPSA) is 66.5 Å². The highest BCUT2D eigenvalue weighted by Crippen LogP contribution is 2.24. The molecule has 1 amide bonds. The van der Waals surface area contributed by atoms with E-state index in [1.54, 1.807) is 11.3 Å². The van der Waals surface area contributed by atoms with Crippen LogP contribution in [0.15, 0.2) is 5.38 Å². The summed E-state index contributed by atoms with van der Waals surface area (Å²) in [5.74, 6) is 0.0815. The number of carbonyl (C=O) groups is 1. The smallest absolute Gasteiger partial charge is 0.221 e. The molecule has 24 heavy (non-hydrogen) atoms. The lowest BCUT2D eigenvalue weighted by Gasteiger charge is -2.23. The van der Waals surface area contributed by atoms with E-state index in [4.69, 9.17) is 4.74 Å². The molecule has 3 rings (SSSR count). The molecule has 0 aliphatic carbocycles. The number of amides is 1. The van der Waals surface area contributed by atoms with Crippen LogP contribution in [0.2, 0.25) is 0 Å². The van der Waals surface area contributed by atoms with Crippen molar-refractivity contribution >= 4 is 47.2 Å². The molecule has 0 spiro atoms. The van der Waals surface area contributed by atoms with E-state index in [0.29, 0.717) is 19.6 Å². The molecule has 0 aromatic carbocycles. The van der Waals surface area contributed by atoms with Crippen LogP contribution in [0.25, 0.3) is 0 Å². The van der Waals surface area contributed by atoms with Crippen LogP contribution >= 0.6 is 36.2 Å². The number of ether oxygens (including phenoxy) is 1. The fourth-order valence-electron chi connectivity index (χ4n) is 2.84. The molecule has 1 unspecified atom stereocenters. The number of morpholine rings is 1. The third kappa shape index (κ3) is 6.37. The summed E-state index contributed by atoms with van der Waals surface area (Å²) in [6.45, 7) is 5.09. The minimum atomic E-state index is 0. The molecule has 2 aliphatic rings. The van der Waals surface area contributed by atoms with E-state index in [1.807, 2.05) is 0 Å². The van der Waals surface area contributed by atoms with Gasteiger partial charge in [0.15, 0.2) is 5.13 Å². The van der Waals surface area contributed by atoms with Gasteiger partial charge in [-0.25, -0.2) is 4.98 Å². The molecule has 138 valence electrons. The summed E-state index contributed by atoms with van der Waals surface area (Å²) in [7, 11) is 0. The summed E-state index contributed by atoms with van der Waals surface area (Å²) in [6.07, 6.45) is 3.81. The number of thiazole rings is 1. The van der Waals surface area contributed by atoms with Gasteiger partial charge in [-0.3, -0.25) is 4.79 Å². The molecule has 3 heterocycles. The molecule has 2 saturated heterocycles. The molecule has 6 nitrogen and oxygen atoms in total. The Morgan fingerprint density at radius 1 is 1.42 bits per heavy atom. The van der Waals surface area contributed by atoms with Crippen LogP contribution < -0.4 is 15.5 Å². The molecule has 2 N–H and O–H groups in total. The highest BCUT2D eigenvalue weighted by atomic mass is 35.5. The lowest BCUT2D eigenvalue weighted by atomic mass is 10.2. The maximum absolute atomic E-state index is 11.9. The average molecular weight is 397 g/mol. The van der Waals surface area contributed by atoms with Gasteiger partial charge in [-0.15, -0.1) is 36.2 Å². The lowest BCUT2D eigenvalue weighted by molar-refractivity contribution is -0.122. The summed E-state index contributed by atoms with van der Waals surface area (Å²) in [6, 6.07) is 0.148. The average Bonchev–Trinajstić information content (AvgIpc) is 3.19. The second-order valence-electron chi connectivity index (χ2n) is 5.85. The van der Waals surface area contributed by atoms with Gasteiger partial charge in [0.05, 0.1) is 18.9 Å². The molecule has 2 fully saturated rings. The van der Waals surface area contributed by atoms with Crippen LogP contribution in [0.1, 0.15) is 25.0 Å². The molecule has 2 aliphatic heterocycles. The number of hydrogen-bond donors (Lipinski definition) is 2. The van der Waals surface area contributed by atoms with E-state index < -0.39 is 0 Å². The number of hydrogen-bond acceptors (Lipinski definition) is 6. The molecule has 0 saturated carbocycles. The number of nitrogens with zero attached hydrogens (tertiary/aromatic N) is 2. The second kappa shape index (κ2) is 11.1. The van der Waals surface area contributed by atoms with Crippen molar-refractivity contribution in [3.63, 3.8) is 0 Å². The minimum absolute atomic E-state index is 0. The third-order valence-electron chi connectivity index (χ3n) is 4.05. The first-order valence-electron chi connectivity index (χ1n) is 8.08. The van der Waals surface area contributed by atoms with E-state index in [1.165, 1.54) is 12.8 Å². The summed E-state index contributed by atoms with van der Waals surface area (Å²) < 4.78 is 5.35. The van der Waals surface area contributed by atoms with Gasteiger partial charge in [0.1, 0.15) is 0 Å². The Bertz CT molecular complexity index is 492. The first-order valence-corrected chi connectivity index (χ1v) is 8.96. The SMILES string of the molecule is Cl.Cl.O=C(CC1COCCN1)NCCc1csc(N2CCCC2)n1. The summed E-state index contributed by atoms with van der Waals surface area (Å²) in [5, 5.41) is 9.50. The lowest BCUT2D eigenvalue weighted by Crippen LogP contribution is -2.44. The number of anilines is 1. The molecule has 1 atom stereocenters. The first-order chi connectivity index (χ1) is 10.8. The highest BCUT2D eigenvalue weighted by Gasteiger charge is 2.17. The molecular formula is C15H26Cl2N4O2S. The normalized spacial score (nSPS) is 20.2. The zero-order chi connectivity index (χ0) is 15.2. The van der Waals surface area contributed by atoms with Gasteiger partial charge in [-0.1, -0.05) is 0 Å². The van der Waals surface area contributed by atoms with Crippen LogP contribution in [0, 0.1) is 0 Å². The zero-order valence-corrected chi connectivity index (χ0v) is 16.1. The standard InChI is InChI=1S/C15H24N4O2S.2ClH/c20-14(9-13-10-21-8-5-16-13)17-4-3-12-11-22-15(18-12)19-6-1-2-7-19;;/h11,13,16H,1-10H2,(H,17,20);2*1H. The van der Waals surface area contributed by atoms with Gasteiger partial charge < -0.3 is 20.3 Å². The molecular weight excluding hydrogens is 371 g/mol. The Kier molecular flexibility index (Phi) is 9.92. The van der Waals surface area contributed by atoms with Crippen LogP contribution in [0.5, 0.6) is 0 Å². The van der Waals surface area contributed by atoms with Crippen LogP contribution in [-0.4, -0.2) is 56.3 Å². The van der Waals surface area contributed by atoms with Crippen LogP contribution in [-0.2, 0) is 16.0 Å². The van der Waals surface area contributed by atoms with Crippen LogP contribution in [0.3, 0.4) is 0 Å². The summed E-state index contributed by atoms with van der Waals surface area (Å²) >= 11 is 1.71. The minimum Gasteiger partial charge on any atom is -0.378 e. The zero-order valence-electron chi connectivity index (χ0n) is 13.7. The maximum Gasteiger partial charge on any atom is 0.221 e. The maximum atomic E-state index is 11.9. The Morgan fingerprint density at radius 3 is 2.92 bits per heavy atom. The van der Waals surface area contributed by atoms with E-state index >= 15 is 0 Å². The molecule has 1 aromatic rings. The van der Waals surface area contributed by atoms with Crippen molar-refractivity contribution in [1.29, 1.82) is 0 Å². The number of aromatic nitrogens is 1. The van der Waals surface area contributed by atoms with E-state index in [0.717, 1.165) is 43.5 Å². The quantitative estimate of drug-likeness (QED) is 0.764. The Morgan fingerprint density at radius 2 is 2.21 bits per heavy atom. The van der Waals surface area contributed by atoms with Crippen molar-refractivity contribution in [3.8, 4) is 0 Å². The van der Waals surface area contributed by atoms with E-state index in [2.05, 4.69) is 25.9 Å².